The van der Waals surface area contributed by atoms with Gasteiger partial charge >= 0.3 is 6.03 Å². The molecule has 206 valence electrons. The third-order valence-electron chi connectivity index (χ3n) is 6.01. The van der Waals surface area contributed by atoms with Gasteiger partial charge < -0.3 is 19.5 Å². The van der Waals surface area contributed by atoms with Crippen molar-refractivity contribution < 1.29 is 33.4 Å². The van der Waals surface area contributed by atoms with E-state index < -0.39 is 17.8 Å². The number of nitrogens with zero attached hydrogens (tertiary/aromatic N) is 1. The molecular formula is C29H26BrN3O7. The number of amides is 5. The molecule has 0 unspecified atom stereocenters. The van der Waals surface area contributed by atoms with Crippen LogP contribution in [0.25, 0.3) is 6.08 Å². The van der Waals surface area contributed by atoms with E-state index >= 15 is 0 Å². The Balaban J connectivity index is 1.55. The smallest absolute Gasteiger partial charge is 0.335 e. The summed E-state index contributed by atoms with van der Waals surface area (Å²) in [5.74, 6) is -0.928. The summed E-state index contributed by atoms with van der Waals surface area (Å²) in [5.41, 5.74) is 3.05. The number of urea groups is 1. The fourth-order valence-corrected chi connectivity index (χ4v) is 4.52. The number of imide groups is 2. The van der Waals surface area contributed by atoms with Crippen LogP contribution in [-0.4, -0.2) is 44.6 Å². The lowest BCUT2D eigenvalue weighted by Gasteiger charge is -2.26. The zero-order valence-electron chi connectivity index (χ0n) is 22.2. The van der Waals surface area contributed by atoms with Crippen LogP contribution < -0.4 is 29.7 Å². The molecule has 0 spiro atoms. The van der Waals surface area contributed by atoms with Crippen molar-refractivity contribution >= 4 is 57.1 Å². The van der Waals surface area contributed by atoms with Gasteiger partial charge in [-0.05, 0) is 95.0 Å². The van der Waals surface area contributed by atoms with Crippen LogP contribution in [0.4, 0.5) is 16.2 Å². The summed E-state index contributed by atoms with van der Waals surface area (Å²) in [6.45, 7) is 3.54. The molecular weight excluding hydrogens is 582 g/mol. The van der Waals surface area contributed by atoms with Crippen LogP contribution in [0, 0.1) is 13.8 Å². The number of ether oxygens (including phenoxy) is 3. The molecule has 3 aromatic carbocycles. The lowest BCUT2D eigenvalue weighted by Crippen LogP contribution is -2.54. The first-order valence-corrected chi connectivity index (χ1v) is 12.8. The first kappa shape index (κ1) is 28.4. The minimum Gasteiger partial charge on any atom is -0.497 e. The standard InChI is InChI=1S/C29H26BrN3O7/c1-16-5-6-17(2)23(11-16)31-25(34)15-40-26-22(30)13-18(14-24(26)39-4)12-21-27(35)32-29(37)33(28(21)36)19-7-9-20(38-3)10-8-19/h5-14H,15H2,1-4H3,(H,31,34)(H,32,35,37)/b21-12+. The third-order valence-corrected chi connectivity index (χ3v) is 6.60. The Morgan fingerprint density at radius 1 is 1.00 bits per heavy atom. The number of barbiturate groups is 1. The molecule has 0 aromatic heterocycles. The summed E-state index contributed by atoms with van der Waals surface area (Å²) in [6.07, 6.45) is 1.34. The van der Waals surface area contributed by atoms with Gasteiger partial charge in [-0.3, -0.25) is 19.7 Å². The summed E-state index contributed by atoms with van der Waals surface area (Å²) in [7, 11) is 2.92. The monoisotopic (exact) mass is 607 g/mol. The van der Waals surface area contributed by atoms with Crippen LogP contribution in [0.3, 0.4) is 0 Å². The third kappa shape index (κ3) is 6.15. The maximum absolute atomic E-state index is 13.2. The first-order chi connectivity index (χ1) is 19.1. The van der Waals surface area contributed by atoms with Gasteiger partial charge in [-0.15, -0.1) is 0 Å². The Bertz CT molecular complexity index is 1530. The lowest BCUT2D eigenvalue weighted by molar-refractivity contribution is -0.122. The van der Waals surface area contributed by atoms with E-state index in [1.165, 1.54) is 32.4 Å². The Morgan fingerprint density at radius 2 is 1.73 bits per heavy atom. The van der Waals surface area contributed by atoms with Crippen molar-refractivity contribution in [1.29, 1.82) is 0 Å². The molecule has 3 aromatic rings. The van der Waals surface area contributed by atoms with Crippen molar-refractivity contribution in [2.24, 2.45) is 0 Å². The number of halogens is 1. The number of anilines is 2. The van der Waals surface area contributed by atoms with Crippen LogP contribution >= 0.6 is 15.9 Å². The number of rotatable bonds is 8. The van der Waals surface area contributed by atoms with Crippen molar-refractivity contribution in [3.63, 3.8) is 0 Å². The fourth-order valence-electron chi connectivity index (χ4n) is 3.95. The number of carbonyl (C=O) groups is 4. The van der Waals surface area contributed by atoms with Gasteiger partial charge in [0.15, 0.2) is 18.1 Å². The number of aryl methyl sites for hydroxylation is 2. The molecule has 1 aliphatic rings. The maximum Gasteiger partial charge on any atom is 0.335 e. The molecule has 0 saturated carbocycles. The van der Waals surface area contributed by atoms with Crippen molar-refractivity contribution in [3.05, 3.63) is 81.3 Å². The van der Waals surface area contributed by atoms with Gasteiger partial charge in [0.2, 0.25) is 0 Å². The van der Waals surface area contributed by atoms with E-state index in [0.717, 1.165) is 16.0 Å². The zero-order chi connectivity index (χ0) is 29.0. The van der Waals surface area contributed by atoms with Gasteiger partial charge in [0.1, 0.15) is 11.3 Å². The van der Waals surface area contributed by atoms with E-state index in [4.69, 9.17) is 14.2 Å². The van der Waals surface area contributed by atoms with Crippen LogP contribution in [0.15, 0.2) is 64.6 Å². The number of hydrogen-bond donors (Lipinski definition) is 2. The quantitative estimate of drug-likeness (QED) is 0.279. The number of benzene rings is 3. The summed E-state index contributed by atoms with van der Waals surface area (Å²) in [4.78, 5) is 51.7. The number of nitrogens with one attached hydrogen (secondary N) is 2. The van der Waals surface area contributed by atoms with Crippen molar-refractivity contribution in [3.8, 4) is 17.2 Å². The van der Waals surface area contributed by atoms with E-state index in [-0.39, 0.29) is 35.3 Å². The zero-order valence-corrected chi connectivity index (χ0v) is 23.7. The van der Waals surface area contributed by atoms with Crippen LogP contribution in [0.2, 0.25) is 0 Å². The van der Waals surface area contributed by atoms with Crippen LogP contribution in [-0.2, 0) is 14.4 Å². The molecule has 4 rings (SSSR count). The van der Waals surface area contributed by atoms with Crippen molar-refractivity contribution in [2.45, 2.75) is 13.8 Å². The molecule has 0 aliphatic carbocycles. The lowest BCUT2D eigenvalue weighted by atomic mass is 10.1. The highest BCUT2D eigenvalue weighted by molar-refractivity contribution is 9.10. The topological polar surface area (TPSA) is 123 Å². The second-order valence-corrected chi connectivity index (χ2v) is 9.70. The second-order valence-electron chi connectivity index (χ2n) is 8.85. The van der Waals surface area contributed by atoms with Crippen molar-refractivity contribution in [1.82, 2.24) is 5.32 Å². The van der Waals surface area contributed by atoms with Gasteiger partial charge in [-0.1, -0.05) is 12.1 Å². The molecule has 0 bridgehead atoms. The van der Waals surface area contributed by atoms with E-state index in [1.54, 1.807) is 24.3 Å². The number of hydrogen-bond acceptors (Lipinski definition) is 7. The van der Waals surface area contributed by atoms with Gasteiger partial charge in [-0.2, -0.15) is 0 Å². The second kappa shape index (κ2) is 12.0. The average Bonchev–Trinajstić information content (AvgIpc) is 2.92. The normalized spacial score (nSPS) is 14.2. The molecule has 0 radical (unpaired) electrons. The van der Waals surface area contributed by atoms with Gasteiger partial charge in [0, 0.05) is 5.69 Å². The summed E-state index contributed by atoms with van der Waals surface area (Å²) in [6, 6.07) is 14.3. The Morgan fingerprint density at radius 3 is 2.40 bits per heavy atom. The van der Waals surface area contributed by atoms with Crippen molar-refractivity contribution in [2.75, 3.05) is 31.0 Å². The number of methoxy groups -OCH3 is 2. The highest BCUT2D eigenvalue weighted by Crippen LogP contribution is 2.37. The fraction of sp³-hybridized carbons (Fsp3) is 0.172. The largest absolute Gasteiger partial charge is 0.497 e. The van der Waals surface area contributed by atoms with E-state index in [9.17, 15) is 19.2 Å². The van der Waals surface area contributed by atoms with Gasteiger partial charge in [-0.25, -0.2) is 9.69 Å². The molecule has 11 heteroatoms. The molecule has 1 saturated heterocycles. The molecule has 1 heterocycles. The molecule has 10 nitrogen and oxygen atoms in total. The first-order valence-electron chi connectivity index (χ1n) is 12.0. The minimum absolute atomic E-state index is 0.257. The predicted molar refractivity (Wildman–Crippen MR) is 153 cm³/mol. The van der Waals surface area contributed by atoms with Gasteiger partial charge in [0.05, 0.1) is 24.4 Å². The molecule has 2 N–H and O–H groups in total. The average molecular weight is 608 g/mol. The maximum atomic E-state index is 13.2. The Hall–Kier alpha value is -4.64. The van der Waals surface area contributed by atoms with E-state index in [2.05, 4.69) is 26.6 Å². The van der Waals surface area contributed by atoms with E-state index in [1.807, 2.05) is 32.0 Å². The Kier molecular flexibility index (Phi) is 8.54. The molecule has 40 heavy (non-hydrogen) atoms. The molecule has 5 amide bonds. The summed E-state index contributed by atoms with van der Waals surface area (Å²) < 4.78 is 16.7. The van der Waals surface area contributed by atoms with E-state index in [0.29, 0.717) is 21.5 Å². The summed E-state index contributed by atoms with van der Waals surface area (Å²) in [5, 5.41) is 5.02. The SMILES string of the molecule is COc1ccc(N2C(=O)NC(=O)/C(=C\c3cc(Br)c(OCC(=O)Nc4cc(C)ccc4C)c(OC)c3)C2=O)cc1. The predicted octanol–water partition coefficient (Wildman–Crippen LogP) is 4.77. The molecule has 0 atom stereocenters. The van der Waals surface area contributed by atoms with Crippen LogP contribution in [0.5, 0.6) is 17.2 Å². The van der Waals surface area contributed by atoms with Crippen LogP contribution in [0.1, 0.15) is 16.7 Å². The van der Waals surface area contributed by atoms with Gasteiger partial charge in [0.25, 0.3) is 17.7 Å². The molecule has 1 aliphatic heterocycles. The number of carbonyl (C=O) groups excluding carboxylic acids is 4. The Labute approximate surface area is 239 Å². The minimum atomic E-state index is -0.862. The summed E-state index contributed by atoms with van der Waals surface area (Å²) >= 11 is 3.42. The highest BCUT2D eigenvalue weighted by atomic mass is 79.9. The highest BCUT2D eigenvalue weighted by Gasteiger charge is 2.37. The molecule has 1 fully saturated rings.